The van der Waals surface area contributed by atoms with Crippen LogP contribution >= 0.6 is 0 Å². The first-order valence-electron chi connectivity index (χ1n) is 18.1. The summed E-state index contributed by atoms with van der Waals surface area (Å²) < 4.78 is 3.32. The Hall–Kier alpha value is -2.24. The fourth-order valence-corrected chi connectivity index (χ4v) is 21.7. The van der Waals surface area contributed by atoms with Crippen LogP contribution in [0, 0.1) is 0 Å². The van der Waals surface area contributed by atoms with E-state index in [1.165, 1.54) is 23.1 Å². The van der Waals surface area contributed by atoms with E-state index < -0.39 is 47.0 Å². The van der Waals surface area contributed by atoms with Gasteiger partial charge in [0.25, 0.3) is 0 Å². The van der Waals surface area contributed by atoms with Crippen LogP contribution in [0.25, 0.3) is 8.85 Å². The van der Waals surface area contributed by atoms with Gasteiger partial charge in [0.1, 0.15) is 0 Å². The molecule has 0 N–H and O–H groups in total. The topological polar surface area (TPSA) is 0 Å². The molecule has 6 rings (SSSR count). The van der Waals surface area contributed by atoms with Crippen molar-refractivity contribution in [3.63, 3.8) is 0 Å². The third-order valence-electron chi connectivity index (χ3n) is 11.0. The van der Waals surface area contributed by atoms with Gasteiger partial charge in [0.05, 0.1) is 0 Å². The van der Waals surface area contributed by atoms with Crippen LogP contribution < -0.4 is 15.6 Å². The molecule has 0 saturated carbocycles. The third-order valence-corrected chi connectivity index (χ3v) is 22.8. The van der Waals surface area contributed by atoms with Gasteiger partial charge in [-0.15, -0.1) is 0 Å². The summed E-state index contributed by atoms with van der Waals surface area (Å²) in [6.07, 6.45) is 13.4. The fourth-order valence-electron chi connectivity index (χ4n) is 8.77. The molecule has 3 aliphatic rings. The van der Waals surface area contributed by atoms with Crippen LogP contribution in [0.15, 0.2) is 119 Å². The molecule has 3 aromatic carbocycles. The Balaban J connectivity index is 1.92. The second kappa shape index (κ2) is 13.1. The van der Waals surface area contributed by atoms with E-state index in [9.17, 15) is 0 Å². The summed E-state index contributed by atoms with van der Waals surface area (Å²) in [7, 11) is -5.23. The zero-order chi connectivity index (χ0) is 34.6. The van der Waals surface area contributed by atoms with Gasteiger partial charge in [-0.3, -0.25) is 0 Å². The van der Waals surface area contributed by atoms with Crippen LogP contribution in [0.2, 0.25) is 64.0 Å². The second-order valence-corrected chi connectivity index (χ2v) is 35.6. The third kappa shape index (κ3) is 6.08. The molecule has 0 aliphatic heterocycles. The van der Waals surface area contributed by atoms with Gasteiger partial charge in [-0.2, -0.15) is 0 Å². The van der Waals surface area contributed by atoms with Crippen LogP contribution in [-0.4, -0.2) is 27.4 Å². The molecule has 0 spiro atoms. The Morgan fingerprint density at radius 2 is 1.38 bits per heavy atom. The Labute approximate surface area is 305 Å². The molecule has 0 amide bonds. The van der Waals surface area contributed by atoms with Gasteiger partial charge in [-0.05, 0) is 0 Å². The van der Waals surface area contributed by atoms with Gasteiger partial charge in [-0.1, -0.05) is 0 Å². The second-order valence-electron chi connectivity index (χ2n) is 17.1. The molecular formula is C44H55Si3Zr. The molecule has 0 aromatic heterocycles. The Morgan fingerprint density at radius 3 is 1.83 bits per heavy atom. The van der Waals surface area contributed by atoms with Crippen LogP contribution in [0.1, 0.15) is 43.4 Å². The average molecular weight is 759 g/mol. The molecule has 247 valence electrons. The van der Waals surface area contributed by atoms with E-state index in [1.807, 2.05) is 5.20 Å². The molecule has 4 heteroatoms. The zero-order valence-electron chi connectivity index (χ0n) is 31.4. The van der Waals surface area contributed by atoms with Gasteiger partial charge in [0, 0.05) is 0 Å². The van der Waals surface area contributed by atoms with E-state index in [1.54, 1.807) is 44.4 Å². The summed E-state index contributed by atoms with van der Waals surface area (Å²) in [6.45, 7) is 28.5. The van der Waals surface area contributed by atoms with Crippen molar-refractivity contribution >= 4 is 41.5 Å². The molecule has 0 heterocycles. The molecular weight excluding hydrogens is 704 g/mol. The van der Waals surface area contributed by atoms with Gasteiger partial charge >= 0.3 is 307 Å². The van der Waals surface area contributed by atoms with E-state index in [-0.39, 0.29) is 5.04 Å². The van der Waals surface area contributed by atoms with Gasteiger partial charge < -0.3 is 0 Å². The number of aryl methyl sites for hydroxylation is 1. The molecule has 48 heavy (non-hydrogen) atoms. The minimum atomic E-state index is -1.80. The van der Waals surface area contributed by atoms with Crippen molar-refractivity contribution < 1.29 is 22.8 Å². The molecule has 0 radical (unpaired) electrons. The maximum atomic E-state index is 2.83. The Bertz CT molecular complexity index is 2000. The summed E-state index contributed by atoms with van der Waals surface area (Å²) in [4.78, 5) is 0. The van der Waals surface area contributed by atoms with E-state index in [4.69, 9.17) is 0 Å². The first-order chi connectivity index (χ1) is 22.6. The van der Waals surface area contributed by atoms with E-state index in [0.29, 0.717) is 0 Å². The quantitative estimate of drug-likeness (QED) is 0.191. The molecule has 0 saturated heterocycles. The van der Waals surface area contributed by atoms with Crippen LogP contribution in [0.5, 0.6) is 0 Å². The number of benzene rings is 3. The molecule has 0 bridgehead atoms. The summed E-state index contributed by atoms with van der Waals surface area (Å²) in [5.74, 6) is 0. The Kier molecular flexibility index (Phi) is 9.74. The van der Waals surface area contributed by atoms with E-state index in [2.05, 4.69) is 170 Å². The van der Waals surface area contributed by atoms with Crippen molar-refractivity contribution in [3.8, 4) is 0 Å². The molecule has 0 nitrogen and oxygen atoms in total. The van der Waals surface area contributed by atoms with Crippen LogP contribution in [-0.2, 0) is 29.2 Å². The monoisotopic (exact) mass is 757 g/mol. The first kappa shape index (κ1) is 35.6. The standard InChI is InChI=1S/C31H45Si3.C13H10.Zr/c1-12-22-18-24-20-26-25(29(24)27(19-22)32(3,4)5)21-28(33(6,7)8)31(13-2,34(9,10)11)30(26)23-16-14-15-17-23;1-3-7-12(8-4-1)11-13-9-5-2-6-10-13;/h14-16,18-19,21H,12-13,17H2,1-11H3;1-10H;. The zero-order valence-corrected chi connectivity index (χ0v) is 36.8. The van der Waals surface area contributed by atoms with Crippen molar-refractivity contribution in [1.82, 2.24) is 0 Å². The van der Waals surface area contributed by atoms with Crippen LogP contribution in [0.4, 0.5) is 0 Å². The first-order valence-corrected chi connectivity index (χ1v) is 31.1. The van der Waals surface area contributed by atoms with Crippen molar-refractivity contribution in [2.75, 3.05) is 0 Å². The van der Waals surface area contributed by atoms with E-state index >= 15 is 0 Å². The summed E-state index contributed by atoms with van der Waals surface area (Å²) in [5, 5.41) is 6.80. The summed E-state index contributed by atoms with van der Waals surface area (Å²) in [5.41, 5.74) is 10.9. The molecule has 3 aliphatic carbocycles. The van der Waals surface area contributed by atoms with Gasteiger partial charge in [-0.25, -0.2) is 0 Å². The summed E-state index contributed by atoms with van der Waals surface area (Å²) in [6, 6.07) is 28.0. The number of hydrogen-bond donors (Lipinski definition) is 0. The van der Waals surface area contributed by atoms with Crippen molar-refractivity contribution in [1.29, 1.82) is 0 Å². The Morgan fingerprint density at radius 1 is 0.771 bits per heavy atom. The molecule has 1 atom stereocenters. The predicted molar refractivity (Wildman–Crippen MR) is 218 cm³/mol. The fraction of sp³-hybridized carbons (Fsp3) is 0.341. The average Bonchev–Trinajstić information content (AvgIpc) is 3.68. The molecule has 3 aromatic rings. The van der Waals surface area contributed by atoms with Crippen molar-refractivity contribution in [3.05, 3.63) is 146 Å². The van der Waals surface area contributed by atoms with Crippen molar-refractivity contribution in [2.24, 2.45) is 0 Å². The number of rotatable bonds is 9. The number of allylic oxidation sites excluding steroid dienone is 8. The number of fused-ring (bicyclic) bond motifs is 2. The number of hydrogen-bond acceptors (Lipinski definition) is 0. The van der Waals surface area contributed by atoms with Gasteiger partial charge in [0.15, 0.2) is 0 Å². The molecule has 1 unspecified atom stereocenters. The maximum absolute atomic E-state index is 2.83. The normalized spacial score (nSPS) is 19.2. The minimum absolute atomic E-state index is 0.118. The van der Waals surface area contributed by atoms with Gasteiger partial charge in [0.2, 0.25) is 0 Å². The van der Waals surface area contributed by atoms with E-state index in [0.717, 1.165) is 12.8 Å². The predicted octanol–water partition coefficient (Wildman–Crippen LogP) is 9.91. The van der Waals surface area contributed by atoms with Crippen molar-refractivity contribution in [2.45, 2.75) is 97.1 Å². The SMILES string of the molecule is CCc1cc([Si](C)(C)C)c2c(c1)=[C]([Zr]=[C](c1ccccc1)c1ccccc1)C1=C(C3=CC=CC3)C(CC)([Si](C)(C)C)C([Si](C)(C)C)=CC=21. The van der Waals surface area contributed by atoms with Crippen LogP contribution in [0.3, 0.4) is 0 Å². The summed E-state index contributed by atoms with van der Waals surface area (Å²) >= 11 is -1.36. The molecule has 0 fully saturated rings.